The summed E-state index contributed by atoms with van der Waals surface area (Å²) < 4.78 is 3.61. The monoisotopic (exact) mass is 426 g/mol. The van der Waals surface area contributed by atoms with E-state index in [0.717, 1.165) is 17.4 Å². The van der Waals surface area contributed by atoms with Crippen molar-refractivity contribution >= 4 is 22.1 Å². The second-order valence-corrected chi connectivity index (χ2v) is 7.66. The molecule has 2 aliphatic heterocycles. The van der Waals surface area contributed by atoms with Gasteiger partial charge in [0.15, 0.2) is 18.3 Å². The molecule has 0 amide bonds. The van der Waals surface area contributed by atoms with Gasteiger partial charge in [0.05, 0.1) is 6.42 Å². The van der Waals surface area contributed by atoms with Crippen LogP contribution in [0.15, 0.2) is 40.5 Å². The van der Waals surface area contributed by atoms with Gasteiger partial charge in [0.2, 0.25) is 0 Å². The third-order valence-corrected chi connectivity index (χ3v) is 5.15. The fourth-order valence-electron chi connectivity index (χ4n) is 3.26. The normalized spacial score (nSPS) is 20.2. The lowest BCUT2D eigenvalue weighted by atomic mass is 9.93. The molecule has 120 valence electrons. The molecule has 2 nitrogen and oxygen atoms in total. The molecule has 3 rings (SSSR count). The van der Waals surface area contributed by atoms with Gasteiger partial charge in [-0.3, -0.25) is 0 Å². The van der Waals surface area contributed by atoms with Gasteiger partial charge in [-0.1, -0.05) is 28.1 Å². The van der Waals surface area contributed by atoms with Crippen molar-refractivity contribution in [1.82, 2.24) is 4.90 Å². The molecular weight excluding hydrogens is 404 g/mol. The SMILES string of the molecule is CC1(C)CC(N2CCCC2)=CC=[N+]1Cc1ccc(Br)cc1.[Br-]. The fourth-order valence-corrected chi connectivity index (χ4v) is 3.52. The molecule has 2 heterocycles. The summed E-state index contributed by atoms with van der Waals surface area (Å²) >= 11 is 3.50. The number of rotatable bonds is 3. The summed E-state index contributed by atoms with van der Waals surface area (Å²) in [6, 6.07) is 8.65. The largest absolute Gasteiger partial charge is 1.00 e. The zero-order valence-electron chi connectivity index (χ0n) is 13.4. The zero-order chi connectivity index (χ0) is 14.9. The minimum absolute atomic E-state index is 0. The number of hydrogen-bond donors (Lipinski definition) is 0. The molecule has 0 saturated carbocycles. The minimum atomic E-state index is 0. The van der Waals surface area contributed by atoms with Crippen LogP contribution in [0.2, 0.25) is 0 Å². The van der Waals surface area contributed by atoms with Crippen molar-refractivity contribution in [2.24, 2.45) is 0 Å². The van der Waals surface area contributed by atoms with Crippen LogP contribution in [0.1, 0.15) is 38.7 Å². The number of benzene rings is 1. The highest BCUT2D eigenvalue weighted by Crippen LogP contribution is 2.28. The first-order valence-corrected chi connectivity index (χ1v) is 8.64. The molecule has 1 aromatic carbocycles. The standard InChI is InChI=1S/C18H24BrN2.BrH/c1-18(2)13-17(20-10-3-4-11-20)9-12-21(18)14-15-5-7-16(19)8-6-15;/h5-9,12H,3-4,10-11,13-14H2,1-2H3;1H/q+1;/p-1. The van der Waals surface area contributed by atoms with Crippen LogP contribution in [0, 0.1) is 0 Å². The average molecular weight is 428 g/mol. The van der Waals surface area contributed by atoms with Gasteiger partial charge in [0, 0.05) is 48.7 Å². The summed E-state index contributed by atoms with van der Waals surface area (Å²) in [7, 11) is 0. The van der Waals surface area contributed by atoms with Gasteiger partial charge in [-0.15, -0.1) is 0 Å². The summed E-state index contributed by atoms with van der Waals surface area (Å²) in [5.41, 5.74) is 3.06. The Bertz CT molecular complexity index is 567. The van der Waals surface area contributed by atoms with Crippen molar-refractivity contribution in [2.75, 3.05) is 13.1 Å². The highest BCUT2D eigenvalue weighted by atomic mass is 79.9. The van der Waals surface area contributed by atoms with Gasteiger partial charge < -0.3 is 21.9 Å². The van der Waals surface area contributed by atoms with E-state index in [2.05, 4.69) is 75.8 Å². The van der Waals surface area contributed by atoms with Crippen molar-refractivity contribution in [3.63, 3.8) is 0 Å². The van der Waals surface area contributed by atoms with Gasteiger partial charge in [-0.2, -0.15) is 0 Å². The molecule has 0 radical (unpaired) electrons. The Morgan fingerprint density at radius 2 is 1.77 bits per heavy atom. The van der Waals surface area contributed by atoms with Crippen LogP contribution in [-0.2, 0) is 6.54 Å². The average Bonchev–Trinajstić information content (AvgIpc) is 2.97. The summed E-state index contributed by atoms with van der Waals surface area (Å²) in [5.74, 6) is 0. The van der Waals surface area contributed by atoms with Crippen LogP contribution in [-0.4, -0.2) is 34.3 Å². The van der Waals surface area contributed by atoms with E-state index < -0.39 is 0 Å². The lowest BCUT2D eigenvalue weighted by molar-refractivity contribution is -0.612. The van der Waals surface area contributed by atoms with Crippen molar-refractivity contribution in [3.8, 4) is 0 Å². The molecule has 0 bridgehead atoms. The van der Waals surface area contributed by atoms with E-state index in [4.69, 9.17) is 0 Å². The summed E-state index contributed by atoms with van der Waals surface area (Å²) in [5, 5.41) is 0. The molecule has 1 aromatic rings. The Morgan fingerprint density at radius 3 is 2.36 bits per heavy atom. The maximum Gasteiger partial charge on any atom is 0.168 e. The number of halogens is 2. The number of hydrogen-bond acceptors (Lipinski definition) is 1. The molecule has 1 fully saturated rings. The highest BCUT2D eigenvalue weighted by molar-refractivity contribution is 9.10. The number of likely N-dealkylation sites (tertiary alicyclic amines) is 1. The van der Waals surface area contributed by atoms with Crippen LogP contribution in [0.25, 0.3) is 0 Å². The van der Waals surface area contributed by atoms with Crippen molar-refractivity contribution in [1.29, 1.82) is 0 Å². The van der Waals surface area contributed by atoms with E-state index in [-0.39, 0.29) is 22.5 Å². The first kappa shape index (κ1) is 17.7. The van der Waals surface area contributed by atoms with Crippen LogP contribution in [0.4, 0.5) is 0 Å². The second kappa shape index (κ2) is 7.31. The number of nitrogens with zero attached hydrogens (tertiary/aromatic N) is 2. The molecule has 22 heavy (non-hydrogen) atoms. The molecule has 0 unspecified atom stereocenters. The van der Waals surface area contributed by atoms with Crippen LogP contribution < -0.4 is 17.0 Å². The topological polar surface area (TPSA) is 6.25 Å². The van der Waals surface area contributed by atoms with Gasteiger partial charge in [0.25, 0.3) is 0 Å². The molecule has 0 aromatic heterocycles. The first-order chi connectivity index (χ1) is 10.0. The van der Waals surface area contributed by atoms with Gasteiger partial charge in [0.1, 0.15) is 0 Å². The first-order valence-electron chi connectivity index (χ1n) is 7.85. The third kappa shape index (κ3) is 4.02. The van der Waals surface area contributed by atoms with Gasteiger partial charge in [-0.05, 0) is 25.0 Å². The Morgan fingerprint density at radius 1 is 1.14 bits per heavy atom. The lowest BCUT2D eigenvalue weighted by Crippen LogP contribution is -3.00. The van der Waals surface area contributed by atoms with E-state index in [9.17, 15) is 0 Å². The smallest absolute Gasteiger partial charge is 0.168 e. The van der Waals surface area contributed by atoms with Gasteiger partial charge >= 0.3 is 0 Å². The van der Waals surface area contributed by atoms with E-state index in [0.29, 0.717) is 0 Å². The Balaban J connectivity index is 0.00000176. The van der Waals surface area contributed by atoms with Crippen LogP contribution >= 0.6 is 15.9 Å². The maximum absolute atomic E-state index is 3.50. The molecule has 0 atom stereocenters. The van der Waals surface area contributed by atoms with E-state index in [1.54, 1.807) is 0 Å². The van der Waals surface area contributed by atoms with Crippen LogP contribution in [0.3, 0.4) is 0 Å². The highest BCUT2D eigenvalue weighted by Gasteiger charge is 2.35. The summed E-state index contributed by atoms with van der Waals surface area (Å²) in [4.78, 5) is 2.56. The Labute approximate surface area is 152 Å². The summed E-state index contributed by atoms with van der Waals surface area (Å²) in [6.45, 7) is 8.16. The van der Waals surface area contributed by atoms with E-state index >= 15 is 0 Å². The van der Waals surface area contributed by atoms with Crippen LogP contribution in [0.5, 0.6) is 0 Å². The molecular formula is C18H24Br2N2. The molecule has 0 N–H and O–H groups in total. The maximum atomic E-state index is 3.50. The molecule has 2 aliphatic rings. The fraction of sp³-hybridized carbons (Fsp3) is 0.500. The quantitative estimate of drug-likeness (QED) is 0.657. The van der Waals surface area contributed by atoms with E-state index in [1.165, 1.54) is 37.2 Å². The summed E-state index contributed by atoms with van der Waals surface area (Å²) in [6.07, 6.45) is 8.45. The zero-order valence-corrected chi connectivity index (χ0v) is 16.5. The molecule has 4 heteroatoms. The molecule has 0 spiro atoms. The lowest BCUT2D eigenvalue weighted by Gasteiger charge is -2.31. The molecule has 1 saturated heterocycles. The van der Waals surface area contributed by atoms with Crippen molar-refractivity contribution in [2.45, 2.75) is 45.2 Å². The molecule has 0 aliphatic carbocycles. The van der Waals surface area contributed by atoms with Crippen molar-refractivity contribution < 1.29 is 21.6 Å². The second-order valence-electron chi connectivity index (χ2n) is 6.74. The Hall–Kier alpha value is -0.610. The van der Waals surface area contributed by atoms with Crippen molar-refractivity contribution in [3.05, 3.63) is 46.1 Å². The Kier molecular flexibility index (Phi) is 5.89. The van der Waals surface area contributed by atoms with Gasteiger partial charge in [-0.25, -0.2) is 4.58 Å². The third-order valence-electron chi connectivity index (χ3n) is 4.62. The van der Waals surface area contributed by atoms with E-state index in [1.807, 2.05) is 0 Å². The minimum Gasteiger partial charge on any atom is -1.00 e. The predicted octanol–water partition coefficient (Wildman–Crippen LogP) is 1.20. The predicted molar refractivity (Wildman–Crippen MR) is 91.8 cm³/mol. The number of allylic oxidation sites excluding steroid dienone is 1.